The van der Waals surface area contributed by atoms with Crippen molar-refractivity contribution in [2.24, 2.45) is 0 Å². The van der Waals surface area contributed by atoms with Crippen LogP contribution in [0, 0.1) is 0 Å². The monoisotopic (exact) mass is 467 g/mol. The molecule has 3 aromatic carbocycles. The predicted molar refractivity (Wildman–Crippen MR) is 137 cm³/mol. The van der Waals surface area contributed by atoms with Crippen LogP contribution in [0.3, 0.4) is 0 Å². The molecule has 1 saturated heterocycles. The van der Waals surface area contributed by atoms with Gasteiger partial charge in [0.2, 0.25) is 5.91 Å². The maximum Gasteiger partial charge on any atom is 0.223 e. The van der Waals surface area contributed by atoms with Crippen molar-refractivity contribution >= 4 is 17.8 Å². The highest BCUT2D eigenvalue weighted by atomic mass is 16.5. The second-order valence-corrected chi connectivity index (χ2v) is 9.15. The number of Topliss-reactive ketones (excluding diaryl/α,β-unsaturated/α-hetero) is 1. The van der Waals surface area contributed by atoms with Crippen molar-refractivity contribution in [1.82, 2.24) is 4.90 Å². The van der Waals surface area contributed by atoms with Gasteiger partial charge in [0.15, 0.2) is 5.78 Å². The molecular weight excluding hydrogens is 438 g/mol. The summed E-state index contributed by atoms with van der Waals surface area (Å²) in [5.74, 6) is 1.59. The minimum atomic E-state index is -0.378. The molecule has 0 saturated carbocycles. The van der Waals surface area contributed by atoms with Gasteiger partial charge in [-0.25, -0.2) is 0 Å². The molecule has 5 heteroatoms. The number of ether oxygens (including phenoxy) is 2. The summed E-state index contributed by atoms with van der Waals surface area (Å²) in [6.07, 6.45) is 6.21. The Bertz CT molecular complexity index is 1240. The van der Waals surface area contributed by atoms with Gasteiger partial charge in [-0.05, 0) is 53.6 Å². The van der Waals surface area contributed by atoms with Gasteiger partial charge >= 0.3 is 0 Å². The van der Waals surface area contributed by atoms with E-state index in [0.717, 1.165) is 29.7 Å². The molecule has 178 valence electrons. The molecule has 0 aliphatic carbocycles. The van der Waals surface area contributed by atoms with Crippen molar-refractivity contribution in [3.63, 3.8) is 0 Å². The minimum Gasteiger partial charge on any atom is -0.497 e. The number of amides is 1. The van der Waals surface area contributed by atoms with Crippen LogP contribution in [0.15, 0.2) is 78.9 Å². The van der Waals surface area contributed by atoms with Crippen LogP contribution in [-0.4, -0.2) is 42.4 Å². The van der Waals surface area contributed by atoms with E-state index in [1.807, 2.05) is 29.2 Å². The Hall–Kier alpha value is -3.86. The topological polar surface area (TPSA) is 55.8 Å². The van der Waals surface area contributed by atoms with Crippen LogP contribution in [0.25, 0.3) is 17.2 Å². The average Bonchev–Trinajstić information content (AvgIpc) is 2.92. The highest BCUT2D eigenvalue weighted by molar-refractivity contribution is 5.98. The number of carbonyl (C=O) groups is 2. The van der Waals surface area contributed by atoms with E-state index in [2.05, 4.69) is 36.4 Å². The van der Waals surface area contributed by atoms with E-state index in [9.17, 15) is 9.59 Å². The lowest BCUT2D eigenvalue weighted by atomic mass is 9.87. The van der Waals surface area contributed by atoms with E-state index in [0.29, 0.717) is 24.4 Å². The zero-order valence-corrected chi connectivity index (χ0v) is 19.9. The van der Waals surface area contributed by atoms with Crippen LogP contribution < -0.4 is 9.47 Å². The first-order valence-corrected chi connectivity index (χ1v) is 12.1. The largest absolute Gasteiger partial charge is 0.497 e. The van der Waals surface area contributed by atoms with Crippen molar-refractivity contribution in [1.29, 1.82) is 0 Å². The fourth-order valence-corrected chi connectivity index (χ4v) is 4.78. The van der Waals surface area contributed by atoms with Gasteiger partial charge in [-0.15, -0.1) is 0 Å². The molecule has 0 aromatic heterocycles. The SMILES string of the molecule is COc1ccc(C(=O)CCC(=O)N2CCC3(C=Cc4cc(-c5ccccc5)ccc4O3)CC2)cc1. The van der Waals surface area contributed by atoms with E-state index in [4.69, 9.17) is 9.47 Å². The van der Waals surface area contributed by atoms with Crippen molar-refractivity contribution in [2.75, 3.05) is 20.2 Å². The highest BCUT2D eigenvalue weighted by Crippen LogP contribution is 2.39. The number of hydrogen-bond donors (Lipinski definition) is 0. The van der Waals surface area contributed by atoms with Gasteiger partial charge in [0.25, 0.3) is 0 Å². The molecule has 2 aliphatic rings. The second kappa shape index (κ2) is 9.79. The third-order valence-electron chi connectivity index (χ3n) is 6.94. The summed E-state index contributed by atoms with van der Waals surface area (Å²) in [5, 5.41) is 0. The fourth-order valence-electron chi connectivity index (χ4n) is 4.78. The number of nitrogens with zero attached hydrogens (tertiary/aromatic N) is 1. The van der Waals surface area contributed by atoms with E-state index in [1.54, 1.807) is 31.4 Å². The Kier molecular flexibility index (Phi) is 6.41. The molecule has 0 bridgehead atoms. The second-order valence-electron chi connectivity index (χ2n) is 9.15. The summed E-state index contributed by atoms with van der Waals surface area (Å²) < 4.78 is 11.6. The Balaban J connectivity index is 1.16. The number of methoxy groups -OCH3 is 1. The number of carbonyl (C=O) groups excluding carboxylic acids is 2. The van der Waals surface area contributed by atoms with E-state index < -0.39 is 0 Å². The molecule has 2 heterocycles. The predicted octanol–water partition coefficient (Wildman–Crippen LogP) is 5.79. The van der Waals surface area contributed by atoms with E-state index in [1.165, 1.54) is 5.56 Å². The molecule has 1 spiro atoms. The van der Waals surface area contributed by atoms with Gasteiger partial charge in [0.1, 0.15) is 17.1 Å². The lowest BCUT2D eigenvalue weighted by molar-refractivity contribution is -0.133. The van der Waals surface area contributed by atoms with Gasteiger partial charge in [-0.3, -0.25) is 9.59 Å². The van der Waals surface area contributed by atoms with Crippen molar-refractivity contribution in [3.8, 4) is 22.6 Å². The Morgan fingerprint density at radius 1 is 0.914 bits per heavy atom. The highest BCUT2D eigenvalue weighted by Gasteiger charge is 2.37. The number of hydrogen-bond acceptors (Lipinski definition) is 4. The van der Waals surface area contributed by atoms with Crippen LogP contribution >= 0.6 is 0 Å². The first-order chi connectivity index (χ1) is 17.0. The number of benzene rings is 3. The summed E-state index contributed by atoms with van der Waals surface area (Å²) in [7, 11) is 1.59. The van der Waals surface area contributed by atoms with Gasteiger partial charge in [-0.1, -0.05) is 42.5 Å². The molecule has 1 fully saturated rings. The maximum absolute atomic E-state index is 12.8. The Morgan fingerprint density at radius 3 is 2.37 bits per heavy atom. The molecule has 0 atom stereocenters. The molecule has 3 aromatic rings. The molecule has 5 rings (SSSR count). The normalized spacial score (nSPS) is 15.9. The van der Waals surface area contributed by atoms with Crippen molar-refractivity contribution in [2.45, 2.75) is 31.3 Å². The number of rotatable bonds is 6. The fraction of sp³-hybridized carbons (Fsp3) is 0.267. The molecular formula is C30H29NO4. The minimum absolute atomic E-state index is 0.0226. The van der Waals surface area contributed by atoms with Crippen LogP contribution in [0.1, 0.15) is 41.6 Å². The molecule has 2 aliphatic heterocycles. The number of fused-ring (bicyclic) bond motifs is 1. The number of ketones is 1. The number of piperidine rings is 1. The van der Waals surface area contributed by atoms with Gasteiger partial charge in [0.05, 0.1) is 7.11 Å². The smallest absolute Gasteiger partial charge is 0.223 e. The lowest BCUT2D eigenvalue weighted by Crippen LogP contribution is -2.49. The first kappa shape index (κ1) is 22.9. The molecule has 5 nitrogen and oxygen atoms in total. The van der Waals surface area contributed by atoms with Gasteiger partial charge in [-0.2, -0.15) is 0 Å². The standard InChI is InChI=1S/C30H29NO4/c1-34-26-10-7-23(8-11-26)27(32)12-14-29(33)31-19-17-30(18-20-31)16-15-25-21-24(9-13-28(25)35-30)22-5-3-2-4-6-22/h2-11,13,15-16,21H,12,14,17-20H2,1H3. The van der Waals surface area contributed by atoms with Crippen LogP contribution in [-0.2, 0) is 4.79 Å². The van der Waals surface area contributed by atoms with Crippen LogP contribution in [0.4, 0.5) is 0 Å². The van der Waals surface area contributed by atoms with E-state index in [-0.39, 0.29) is 30.1 Å². The van der Waals surface area contributed by atoms with Gasteiger partial charge < -0.3 is 14.4 Å². The zero-order valence-electron chi connectivity index (χ0n) is 19.9. The summed E-state index contributed by atoms with van der Waals surface area (Å²) in [6, 6.07) is 23.6. The Morgan fingerprint density at radius 2 is 1.66 bits per heavy atom. The summed E-state index contributed by atoms with van der Waals surface area (Å²) in [4.78, 5) is 27.1. The van der Waals surface area contributed by atoms with Crippen LogP contribution in [0.2, 0.25) is 0 Å². The average molecular weight is 468 g/mol. The third-order valence-corrected chi connectivity index (χ3v) is 6.94. The van der Waals surface area contributed by atoms with Crippen molar-refractivity contribution in [3.05, 3.63) is 90.0 Å². The van der Waals surface area contributed by atoms with Crippen molar-refractivity contribution < 1.29 is 19.1 Å². The lowest BCUT2D eigenvalue weighted by Gasteiger charge is -2.42. The summed E-state index contributed by atoms with van der Waals surface area (Å²) in [6.45, 7) is 1.24. The zero-order chi connectivity index (χ0) is 24.3. The number of likely N-dealkylation sites (tertiary alicyclic amines) is 1. The van der Waals surface area contributed by atoms with Gasteiger partial charge in [0, 0.05) is 49.9 Å². The molecule has 1 amide bonds. The maximum atomic E-state index is 12.8. The third kappa shape index (κ3) is 4.99. The molecule has 35 heavy (non-hydrogen) atoms. The Labute approximate surface area is 206 Å². The quantitative estimate of drug-likeness (QED) is 0.431. The summed E-state index contributed by atoms with van der Waals surface area (Å²) in [5.41, 5.74) is 3.65. The van der Waals surface area contributed by atoms with E-state index >= 15 is 0 Å². The van der Waals surface area contributed by atoms with Crippen LogP contribution in [0.5, 0.6) is 11.5 Å². The molecule has 0 N–H and O–H groups in total. The summed E-state index contributed by atoms with van der Waals surface area (Å²) >= 11 is 0. The molecule has 0 unspecified atom stereocenters. The molecule has 0 radical (unpaired) electrons. The first-order valence-electron chi connectivity index (χ1n) is 12.1.